The highest BCUT2D eigenvalue weighted by Gasteiger charge is 2.39. The van der Waals surface area contributed by atoms with Gasteiger partial charge in [0.15, 0.2) is 0 Å². The van der Waals surface area contributed by atoms with Crippen LogP contribution in [0.2, 0.25) is 0 Å². The summed E-state index contributed by atoms with van der Waals surface area (Å²) in [5.41, 5.74) is 0.783. The van der Waals surface area contributed by atoms with E-state index in [1.807, 2.05) is 35.2 Å². The highest BCUT2D eigenvalue weighted by molar-refractivity contribution is 5.90. The smallest absolute Gasteiger partial charge is 0.414 e. The van der Waals surface area contributed by atoms with E-state index in [4.69, 9.17) is 4.74 Å². The molecule has 7 heteroatoms. The molecule has 2 heterocycles. The van der Waals surface area contributed by atoms with Gasteiger partial charge < -0.3 is 15.0 Å². The molecule has 0 bridgehead atoms. The second kappa shape index (κ2) is 8.20. The fraction of sp³-hybridized carbons (Fsp3) is 0.571. The maximum absolute atomic E-state index is 12.6. The minimum atomic E-state index is -0.398. The van der Waals surface area contributed by atoms with Crippen molar-refractivity contribution in [2.75, 3.05) is 24.5 Å². The van der Waals surface area contributed by atoms with Gasteiger partial charge in [0, 0.05) is 24.7 Å². The van der Waals surface area contributed by atoms with E-state index in [1.54, 1.807) is 4.90 Å². The average molecular weight is 385 g/mol. The molecule has 2 aliphatic heterocycles. The van der Waals surface area contributed by atoms with Gasteiger partial charge in [-0.05, 0) is 25.0 Å². The van der Waals surface area contributed by atoms with Crippen LogP contribution in [0.3, 0.4) is 0 Å². The fourth-order valence-electron chi connectivity index (χ4n) is 4.46. The van der Waals surface area contributed by atoms with Crippen LogP contribution in [0.1, 0.15) is 38.5 Å². The molecule has 0 radical (unpaired) electrons. The van der Waals surface area contributed by atoms with Gasteiger partial charge in [0.1, 0.15) is 6.10 Å². The van der Waals surface area contributed by atoms with Gasteiger partial charge in [0.05, 0.1) is 19.0 Å². The Hall–Kier alpha value is -2.57. The number of para-hydroxylation sites is 1. The van der Waals surface area contributed by atoms with Gasteiger partial charge in [-0.15, -0.1) is 0 Å². The molecule has 150 valence electrons. The van der Waals surface area contributed by atoms with Crippen LogP contribution in [0.25, 0.3) is 0 Å². The third kappa shape index (κ3) is 3.98. The molecular weight excluding hydrogens is 358 g/mol. The molecule has 1 aliphatic carbocycles. The number of cyclic esters (lactones) is 1. The molecule has 0 aromatic heterocycles. The summed E-state index contributed by atoms with van der Waals surface area (Å²) in [6.07, 6.45) is 5.16. The molecule has 3 fully saturated rings. The number of likely N-dealkylation sites (tertiary alicyclic amines) is 1. The molecule has 1 aromatic rings. The number of benzene rings is 1. The number of nitrogens with one attached hydrogen (secondary N) is 1. The second-order valence-electron chi connectivity index (χ2n) is 7.94. The first-order valence-electron chi connectivity index (χ1n) is 10.2. The van der Waals surface area contributed by atoms with Crippen LogP contribution in [0.15, 0.2) is 30.3 Å². The van der Waals surface area contributed by atoms with Gasteiger partial charge in [0.25, 0.3) is 0 Å². The van der Waals surface area contributed by atoms with Gasteiger partial charge in [-0.1, -0.05) is 37.5 Å². The Kier molecular flexibility index (Phi) is 5.50. The van der Waals surface area contributed by atoms with Crippen molar-refractivity contribution >= 4 is 23.6 Å². The SMILES string of the molecule is O=C(NCC1CN(c2ccccc2)C(=O)O1)C1CC(=O)N(C2CCCCC2)C1. The maximum Gasteiger partial charge on any atom is 0.414 e. The Morgan fingerprint density at radius 3 is 2.57 bits per heavy atom. The predicted molar refractivity (Wildman–Crippen MR) is 104 cm³/mol. The van der Waals surface area contributed by atoms with Crippen LogP contribution >= 0.6 is 0 Å². The monoisotopic (exact) mass is 385 g/mol. The molecule has 3 aliphatic rings. The third-order valence-corrected chi connectivity index (χ3v) is 5.99. The number of nitrogens with zero attached hydrogens (tertiary/aromatic N) is 2. The van der Waals surface area contributed by atoms with E-state index in [9.17, 15) is 14.4 Å². The van der Waals surface area contributed by atoms with E-state index in [1.165, 1.54) is 6.42 Å². The molecule has 7 nitrogen and oxygen atoms in total. The number of ether oxygens (including phenoxy) is 1. The molecule has 2 atom stereocenters. The van der Waals surface area contributed by atoms with Crippen molar-refractivity contribution in [3.8, 4) is 0 Å². The summed E-state index contributed by atoms with van der Waals surface area (Å²) >= 11 is 0. The van der Waals surface area contributed by atoms with Gasteiger partial charge in [0.2, 0.25) is 11.8 Å². The molecule has 1 aromatic carbocycles. The number of hydrogen-bond acceptors (Lipinski definition) is 4. The van der Waals surface area contributed by atoms with E-state index >= 15 is 0 Å². The van der Waals surface area contributed by atoms with E-state index in [0.717, 1.165) is 31.4 Å². The summed E-state index contributed by atoms with van der Waals surface area (Å²) < 4.78 is 5.37. The molecule has 1 N–H and O–H groups in total. The van der Waals surface area contributed by atoms with Crippen LogP contribution in [0.4, 0.5) is 10.5 Å². The van der Waals surface area contributed by atoms with Crippen molar-refractivity contribution < 1.29 is 19.1 Å². The Bertz CT molecular complexity index is 732. The predicted octanol–water partition coefficient (Wildman–Crippen LogP) is 2.31. The topological polar surface area (TPSA) is 79.0 Å². The molecule has 3 amide bonds. The van der Waals surface area contributed by atoms with Crippen molar-refractivity contribution in [2.45, 2.75) is 50.7 Å². The highest BCUT2D eigenvalue weighted by Crippen LogP contribution is 2.29. The Morgan fingerprint density at radius 1 is 1.07 bits per heavy atom. The lowest BCUT2D eigenvalue weighted by atomic mass is 9.94. The zero-order valence-electron chi connectivity index (χ0n) is 16.0. The van der Waals surface area contributed by atoms with Crippen LogP contribution < -0.4 is 10.2 Å². The van der Waals surface area contributed by atoms with Crippen molar-refractivity contribution in [1.82, 2.24) is 10.2 Å². The highest BCUT2D eigenvalue weighted by atomic mass is 16.6. The Labute approximate surface area is 165 Å². The van der Waals surface area contributed by atoms with Crippen molar-refractivity contribution in [3.05, 3.63) is 30.3 Å². The third-order valence-electron chi connectivity index (χ3n) is 5.99. The van der Waals surface area contributed by atoms with Crippen molar-refractivity contribution in [2.24, 2.45) is 5.92 Å². The lowest BCUT2D eigenvalue weighted by Gasteiger charge is -2.31. The van der Waals surface area contributed by atoms with Crippen LogP contribution in [-0.2, 0) is 14.3 Å². The Morgan fingerprint density at radius 2 is 1.82 bits per heavy atom. The molecule has 4 rings (SSSR count). The van der Waals surface area contributed by atoms with Gasteiger partial charge in [-0.2, -0.15) is 0 Å². The summed E-state index contributed by atoms with van der Waals surface area (Å²) in [6, 6.07) is 9.63. The summed E-state index contributed by atoms with van der Waals surface area (Å²) in [5, 5.41) is 2.88. The minimum absolute atomic E-state index is 0.0922. The largest absolute Gasteiger partial charge is 0.442 e. The van der Waals surface area contributed by atoms with Gasteiger partial charge in [-0.25, -0.2) is 4.79 Å². The van der Waals surface area contributed by atoms with E-state index in [-0.39, 0.29) is 36.8 Å². The van der Waals surface area contributed by atoms with Crippen LogP contribution in [0.5, 0.6) is 0 Å². The normalized spacial score (nSPS) is 25.9. The Balaban J connectivity index is 1.27. The molecule has 1 saturated carbocycles. The number of hydrogen-bond donors (Lipinski definition) is 1. The van der Waals surface area contributed by atoms with Gasteiger partial charge >= 0.3 is 6.09 Å². The van der Waals surface area contributed by atoms with E-state index < -0.39 is 6.09 Å². The van der Waals surface area contributed by atoms with Crippen molar-refractivity contribution in [1.29, 1.82) is 0 Å². The van der Waals surface area contributed by atoms with Crippen LogP contribution in [-0.4, -0.2) is 54.6 Å². The summed E-state index contributed by atoms with van der Waals surface area (Å²) in [5.74, 6) is -0.341. The fourth-order valence-corrected chi connectivity index (χ4v) is 4.46. The first kappa shape index (κ1) is 18.8. The first-order valence-corrected chi connectivity index (χ1v) is 10.2. The zero-order valence-corrected chi connectivity index (χ0v) is 16.0. The summed E-state index contributed by atoms with van der Waals surface area (Å²) in [6.45, 7) is 1.18. The molecule has 2 unspecified atom stereocenters. The number of amides is 3. The minimum Gasteiger partial charge on any atom is -0.442 e. The standard InChI is InChI=1S/C21H27N3O4/c25-19-11-15(13-23(19)16-7-3-1-4-8-16)20(26)22-12-18-14-24(21(27)28-18)17-9-5-2-6-10-17/h2,5-6,9-10,15-16,18H,1,3-4,7-8,11-14H2,(H,22,26). The first-order chi connectivity index (χ1) is 13.6. The number of anilines is 1. The van der Waals surface area contributed by atoms with Gasteiger partial charge in [-0.3, -0.25) is 14.5 Å². The second-order valence-corrected chi connectivity index (χ2v) is 7.94. The lowest BCUT2D eigenvalue weighted by molar-refractivity contribution is -0.130. The number of carbonyl (C=O) groups excluding carboxylic acids is 3. The van der Waals surface area contributed by atoms with E-state index in [0.29, 0.717) is 19.1 Å². The summed E-state index contributed by atoms with van der Waals surface area (Å²) in [4.78, 5) is 40.5. The van der Waals surface area contributed by atoms with Crippen LogP contribution in [0, 0.1) is 5.92 Å². The van der Waals surface area contributed by atoms with Crippen molar-refractivity contribution in [3.63, 3.8) is 0 Å². The zero-order chi connectivity index (χ0) is 19.5. The maximum atomic E-state index is 12.6. The molecule has 0 spiro atoms. The molecular formula is C21H27N3O4. The number of carbonyl (C=O) groups is 3. The van der Waals surface area contributed by atoms with E-state index in [2.05, 4.69) is 5.32 Å². The summed E-state index contributed by atoms with van der Waals surface area (Å²) in [7, 11) is 0. The lowest BCUT2D eigenvalue weighted by Crippen LogP contribution is -2.41. The molecule has 2 saturated heterocycles. The number of rotatable bonds is 5. The quantitative estimate of drug-likeness (QED) is 0.844. The molecule has 28 heavy (non-hydrogen) atoms. The average Bonchev–Trinajstić information content (AvgIpc) is 3.30.